The molecule has 0 fully saturated rings. The van der Waals surface area contributed by atoms with Gasteiger partial charge in [-0.05, 0) is 20.3 Å². The fourth-order valence-corrected chi connectivity index (χ4v) is 2.24. The number of esters is 1. The van der Waals surface area contributed by atoms with Crippen LogP contribution in [-0.2, 0) is 14.3 Å². The van der Waals surface area contributed by atoms with Gasteiger partial charge in [0.2, 0.25) is 5.91 Å². The van der Waals surface area contributed by atoms with Gasteiger partial charge in [0.1, 0.15) is 6.54 Å². The lowest BCUT2D eigenvalue weighted by Gasteiger charge is -2.32. The molecule has 1 heterocycles. The first kappa shape index (κ1) is 15.2. The lowest BCUT2D eigenvalue weighted by atomic mass is 10.1. The fraction of sp³-hybridized carbons (Fsp3) is 0.667. The Morgan fingerprint density at radius 2 is 2.22 bits per heavy atom. The van der Waals surface area contributed by atoms with Crippen molar-refractivity contribution < 1.29 is 14.3 Å². The summed E-state index contributed by atoms with van der Waals surface area (Å²) in [6, 6.07) is -0.254. The predicted molar refractivity (Wildman–Crippen MR) is 72.3 cm³/mol. The van der Waals surface area contributed by atoms with Crippen LogP contribution in [0.15, 0.2) is 10.1 Å². The van der Waals surface area contributed by atoms with E-state index in [9.17, 15) is 9.59 Å². The van der Waals surface area contributed by atoms with E-state index in [-0.39, 0.29) is 18.5 Å². The average Bonchev–Trinajstić information content (AvgIpc) is 2.37. The van der Waals surface area contributed by atoms with Crippen molar-refractivity contribution in [2.45, 2.75) is 26.3 Å². The fourth-order valence-electron chi connectivity index (χ4n) is 1.71. The Hall–Kier alpha value is -0.880. The smallest absolute Gasteiger partial charge is 0.325 e. The molecule has 1 N–H and O–H groups in total. The standard InChI is InChI=1S/C12H19BrN2O3/c1-8-4-5-15(7-10(8)13)9(2)12(17)14-6-11(16)18-3/h9H,4-7H2,1-3H3,(H,14,17). The summed E-state index contributed by atoms with van der Waals surface area (Å²) >= 11 is 3.52. The summed E-state index contributed by atoms with van der Waals surface area (Å²) in [5.41, 5.74) is 1.33. The van der Waals surface area contributed by atoms with Gasteiger partial charge >= 0.3 is 5.97 Å². The molecule has 0 bridgehead atoms. The zero-order valence-corrected chi connectivity index (χ0v) is 12.5. The monoisotopic (exact) mass is 318 g/mol. The van der Waals surface area contributed by atoms with E-state index in [0.717, 1.165) is 24.0 Å². The Bertz CT molecular complexity index is 368. The molecule has 0 aromatic heterocycles. The van der Waals surface area contributed by atoms with Gasteiger partial charge in [-0.3, -0.25) is 14.5 Å². The summed E-state index contributed by atoms with van der Waals surface area (Å²) < 4.78 is 5.61. The van der Waals surface area contributed by atoms with E-state index in [1.165, 1.54) is 12.7 Å². The number of hydrogen-bond acceptors (Lipinski definition) is 4. The average molecular weight is 319 g/mol. The molecule has 1 amide bonds. The van der Waals surface area contributed by atoms with Crippen LogP contribution in [0.4, 0.5) is 0 Å². The van der Waals surface area contributed by atoms with Gasteiger partial charge in [0.25, 0.3) is 0 Å². The Morgan fingerprint density at radius 3 is 2.78 bits per heavy atom. The topological polar surface area (TPSA) is 58.6 Å². The lowest BCUT2D eigenvalue weighted by Crippen LogP contribution is -2.48. The first-order valence-corrected chi connectivity index (χ1v) is 6.67. The minimum Gasteiger partial charge on any atom is -0.468 e. The van der Waals surface area contributed by atoms with E-state index in [0.29, 0.717) is 0 Å². The number of methoxy groups -OCH3 is 1. The number of carbonyl (C=O) groups excluding carboxylic acids is 2. The van der Waals surface area contributed by atoms with Crippen LogP contribution in [0.2, 0.25) is 0 Å². The lowest BCUT2D eigenvalue weighted by molar-refractivity contribution is -0.141. The van der Waals surface area contributed by atoms with Crippen molar-refractivity contribution in [1.82, 2.24) is 10.2 Å². The number of rotatable bonds is 4. The maximum atomic E-state index is 11.9. The van der Waals surface area contributed by atoms with E-state index in [1.807, 2.05) is 6.92 Å². The molecular formula is C12H19BrN2O3. The molecule has 1 atom stereocenters. The molecule has 18 heavy (non-hydrogen) atoms. The first-order chi connectivity index (χ1) is 8.45. The van der Waals surface area contributed by atoms with Crippen LogP contribution in [0.1, 0.15) is 20.3 Å². The van der Waals surface area contributed by atoms with Gasteiger partial charge < -0.3 is 10.1 Å². The Labute approximate surface area is 116 Å². The first-order valence-electron chi connectivity index (χ1n) is 5.88. The molecule has 0 aromatic rings. The molecule has 102 valence electrons. The maximum Gasteiger partial charge on any atom is 0.325 e. The molecule has 1 unspecified atom stereocenters. The van der Waals surface area contributed by atoms with Gasteiger partial charge in [-0.15, -0.1) is 0 Å². The molecule has 0 saturated carbocycles. The van der Waals surface area contributed by atoms with Crippen molar-refractivity contribution in [2.24, 2.45) is 0 Å². The van der Waals surface area contributed by atoms with Gasteiger partial charge in [0.15, 0.2) is 0 Å². The number of nitrogens with one attached hydrogen (secondary N) is 1. The quantitative estimate of drug-likeness (QED) is 0.787. The molecule has 5 nitrogen and oxygen atoms in total. The largest absolute Gasteiger partial charge is 0.468 e. The second-order valence-electron chi connectivity index (χ2n) is 4.38. The van der Waals surface area contributed by atoms with Crippen molar-refractivity contribution in [3.8, 4) is 0 Å². The molecule has 1 rings (SSSR count). The number of amides is 1. The van der Waals surface area contributed by atoms with Crippen LogP contribution in [0.25, 0.3) is 0 Å². The number of ether oxygens (including phenoxy) is 1. The Balaban J connectivity index is 2.47. The SMILES string of the molecule is COC(=O)CNC(=O)C(C)N1CCC(C)=C(Br)C1. The minimum atomic E-state index is -0.439. The zero-order chi connectivity index (χ0) is 13.7. The third-order valence-corrected chi connectivity index (χ3v) is 4.07. The second kappa shape index (κ2) is 6.89. The minimum absolute atomic E-state index is 0.0798. The van der Waals surface area contributed by atoms with Crippen molar-refractivity contribution in [3.63, 3.8) is 0 Å². The van der Waals surface area contributed by atoms with Gasteiger partial charge in [-0.2, -0.15) is 0 Å². The maximum absolute atomic E-state index is 11.9. The normalized spacial score (nSPS) is 18.4. The highest BCUT2D eigenvalue weighted by Gasteiger charge is 2.24. The van der Waals surface area contributed by atoms with Gasteiger partial charge in [-0.25, -0.2) is 0 Å². The van der Waals surface area contributed by atoms with E-state index < -0.39 is 5.97 Å². The molecule has 0 spiro atoms. The molecule has 0 aliphatic carbocycles. The van der Waals surface area contributed by atoms with E-state index >= 15 is 0 Å². The Morgan fingerprint density at radius 1 is 1.56 bits per heavy atom. The van der Waals surface area contributed by atoms with Crippen molar-refractivity contribution in [3.05, 3.63) is 10.1 Å². The van der Waals surface area contributed by atoms with Crippen LogP contribution >= 0.6 is 15.9 Å². The summed E-state index contributed by atoms with van der Waals surface area (Å²) in [5, 5.41) is 2.57. The summed E-state index contributed by atoms with van der Waals surface area (Å²) in [6.07, 6.45) is 0.954. The highest BCUT2D eigenvalue weighted by Crippen LogP contribution is 2.23. The number of hydrogen-bond donors (Lipinski definition) is 1. The summed E-state index contributed by atoms with van der Waals surface area (Å²) in [6.45, 7) is 5.44. The van der Waals surface area contributed by atoms with E-state index in [2.05, 4.69) is 37.8 Å². The van der Waals surface area contributed by atoms with Crippen molar-refractivity contribution in [2.75, 3.05) is 26.7 Å². The summed E-state index contributed by atoms with van der Waals surface area (Å²) in [4.78, 5) is 24.9. The molecule has 1 aliphatic rings. The van der Waals surface area contributed by atoms with Crippen LogP contribution in [0, 0.1) is 0 Å². The van der Waals surface area contributed by atoms with Crippen LogP contribution in [0.5, 0.6) is 0 Å². The van der Waals surface area contributed by atoms with E-state index in [4.69, 9.17) is 0 Å². The second-order valence-corrected chi connectivity index (χ2v) is 5.33. The van der Waals surface area contributed by atoms with E-state index in [1.54, 1.807) is 0 Å². The van der Waals surface area contributed by atoms with Gasteiger partial charge in [0.05, 0.1) is 13.2 Å². The molecule has 0 saturated heterocycles. The highest BCUT2D eigenvalue weighted by molar-refractivity contribution is 9.11. The summed E-state index contributed by atoms with van der Waals surface area (Å²) in [7, 11) is 1.30. The van der Waals surface area contributed by atoms with Crippen LogP contribution in [-0.4, -0.2) is 49.6 Å². The zero-order valence-electron chi connectivity index (χ0n) is 11.0. The van der Waals surface area contributed by atoms with Gasteiger partial charge in [-0.1, -0.05) is 21.5 Å². The number of carbonyl (C=O) groups is 2. The van der Waals surface area contributed by atoms with Crippen molar-refractivity contribution in [1.29, 1.82) is 0 Å². The third-order valence-electron chi connectivity index (χ3n) is 3.14. The number of halogens is 1. The third kappa shape index (κ3) is 4.10. The number of nitrogens with zero attached hydrogens (tertiary/aromatic N) is 1. The van der Waals surface area contributed by atoms with Gasteiger partial charge in [0, 0.05) is 17.6 Å². The molecule has 6 heteroatoms. The molecule has 0 aromatic carbocycles. The van der Waals surface area contributed by atoms with Crippen LogP contribution < -0.4 is 5.32 Å². The summed E-state index contributed by atoms with van der Waals surface area (Å²) in [5.74, 6) is -0.591. The highest BCUT2D eigenvalue weighted by atomic mass is 79.9. The van der Waals surface area contributed by atoms with Crippen molar-refractivity contribution >= 4 is 27.8 Å². The molecular weight excluding hydrogens is 300 g/mol. The molecule has 1 aliphatic heterocycles. The predicted octanol–water partition coefficient (Wildman–Crippen LogP) is 1.04. The molecule has 0 radical (unpaired) electrons. The Kier molecular flexibility index (Phi) is 5.81. The van der Waals surface area contributed by atoms with Crippen LogP contribution in [0.3, 0.4) is 0 Å².